The Labute approximate surface area is 165 Å². The molecule has 1 N–H and O–H groups in total. The molecule has 8 heteroatoms. The number of hydrogen-bond acceptors (Lipinski definition) is 5. The van der Waals surface area contributed by atoms with E-state index >= 15 is 0 Å². The molecule has 0 amide bonds. The van der Waals surface area contributed by atoms with Crippen LogP contribution in [0.1, 0.15) is 5.56 Å². The van der Waals surface area contributed by atoms with Gasteiger partial charge in [-0.1, -0.05) is 30.3 Å². The number of rotatable bonds is 7. The Morgan fingerprint density at radius 3 is 2.62 bits per heavy atom. The van der Waals surface area contributed by atoms with E-state index in [-0.39, 0.29) is 24.5 Å². The molecule has 4 aromatic rings. The third kappa shape index (κ3) is 4.23. The predicted molar refractivity (Wildman–Crippen MR) is 105 cm³/mol. The lowest BCUT2D eigenvalue weighted by molar-refractivity contribution is 0.0198. The second kappa shape index (κ2) is 8.34. The van der Waals surface area contributed by atoms with Crippen molar-refractivity contribution >= 4 is 11.0 Å². The van der Waals surface area contributed by atoms with Crippen molar-refractivity contribution in [2.45, 2.75) is 19.3 Å². The minimum atomic E-state index is -0.859. The van der Waals surface area contributed by atoms with Gasteiger partial charge in [-0.3, -0.25) is 9.36 Å². The van der Waals surface area contributed by atoms with Crippen LogP contribution in [-0.2, 0) is 17.9 Å². The molecule has 0 radical (unpaired) electrons. The third-order valence-corrected chi connectivity index (χ3v) is 4.45. The summed E-state index contributed by atoms with van der Waals surface area (Å²) in [7, 11) is 0. The Balaban J connectivity index is 1.46. The van der Waals surface area contributed by atoms with Gasteiger partial charge >= 0.3 is 0 Å². The summed E-state index contributed by atoms with van der Waals surface area (Å²) in [6.07, 6.45) is 1.93. The minimum Gasteiger partial charge on any atom is -0.389 e. The lowest BCUT2D eigenvalue weighted by Gasteiger charge is -2.13. The zero-order chi connectivity index (χ0) is 20.2. The van der Waals surface area contributed by atoms with Gasteiger partial charge in [0.1, 0.15) is 17.5 Å². The van der Waals surface area contributed by atoms with Crippen LogP contribution in [0, 0.1) is 5.82 Å². The van der Waals surface area contributed by atoms with Crippen LogP contribution in [0.2, 0.25) is 0 Å². The molecule has 29 heavy (non-hydrogen) atoms. The van der Waals surface area contributed by atoms with E-state index in [4.69, 9.17) is 4.74 Å². The molecule has 0 aliphatic rings. The van der Waals surface area contributed by atoms with Crippen molar-refractivity contribution in [3.05, 3.63) is 88.9 Å². The fourth-order valence-corrected chi connectivity index (χ4v) is 3.02. The summed E-state index contributed by atoms with van der Waals surface area (Å²) >= 11 is 0. The predicted octanol–water partition coefficient (Wildman–Crippen LogP) is 2.30. The number of halogens is 1. The average molecular weight is 394 g/mol. The van der Waals surface area contributed by atoms with Crippen molar-refractivity contribution in [3.63, 3.8) is 0 Å². The van der Waals surface area contributed by atoms with Crippen LogP contribution in [0.5, 0.6) is 0 Å². The molecular formula is C21H19FN4O3. The van der Waals surface area contributed by atoms with Crippen molar-refractivity contribution in [1.29, 1.82) is 0 Å². The first-order chi connectivity index (χ1) is 14.1. The maximum Gasteiger partial charge on any atom is 0.264 e. The first kappa shape index (κ1) is 19.0. The van der Waals surface area contributed by atoms with Gasteiger partial charge < -0.3 is 9.84 Å². The minimum absolute atomic E-state index is 0.0539. The number of ether oxygens (including phenoxy) is 1. The molecule has 0 aliphatic carbocycles. The van der Waals surface area contributed by atoms with Gasteiger partial charge in [0, 0.05) is 0 Å². The van der Waals surface area contributed by atoms with Gasteiger partial charge in [0.15, 0.2) is 5.65 Å². The molecule has 0 aliphatic heterocycles. The Kier molecular flexibility index (Phi) is 5.46. The number of aliphatic hydroxyl groups excluding tert-OH is 1. The highest BCUT2D eigenvalue weighted by molar-refractivity contribution is 5.74. The summed E-state index contributed by atoms with van der Waals surface area (Å²) in [5, 5.41) is 14.7. The molecule has 2 aromatic carbocycles. The highest BCUT2D eigenvalue weighted by Crippen LogP contribution is 2.14. The van der Waals surface area contributed by atoms with Crippen molar-refractivity contribution < 1.29 is 14.2 Å². The zero-order valence-electron chi connectivity index (χ0n) is 15.5. The molecule has 2 aromatic heterocycles. The Morgan fingerprint density at radius 1 is 1.10 bits per heavy atom. The summed E-state index contributed by atoms with van der Waals surface area (Å²) in [5.41, 5.74) is 1.66. The van der Waals surface area contributed by atoms with E-state index in [9.17, 15) is 14.3 Å². The molecule has 0 saturated carbocycles. The molecular weight excluding hydrogens is 375 g/mol. The number of fused-ring (bicyclic) bond motifs is 1. The number of hydrogen-bond donors (Lipinski definition) is 1. The van der Waals surface area contributed by atoms with Gasteiger partial charge in [0.25, 0.3) is 5.56 Å². The van der Waals surface area contributed by atoms with Crippen LogP contribution < -0.4 is 5.56 Å². The molecule has 4 rings (SSSR count). The van der Waals surface area contributed by atoms with Gasteiger partial charge in [-0.25, -0.2) is 14.1 Å². The fourth-order valence-electron chi connectivity index (χ4n) is 3.02. The molecule has 1 atom stereocenters. The van der Waals surface area contributed by atoms with Crippen molar-refractivity contribution in [3.8, 4) is 5.69 Å². The van der Waals surface area contributed by atoms with Crippen molar-refractivity contribution in [1.82, 2.24) is 19.3 Å². The van der Waals surface area contributed by atoms with Crippen molar-refractivity contribution in [2.75, 3.05) is 6.61 Å². The summed E-state index contributed by atoms with van der Waals surface area (Å²) in [5.74, 6) is -0.357. The largest absolute Gasteiger partial charge is 0.389 e. The third-order valence-electron chi connectivity index (χ3n) is 4.45. The first-order valence-corrected chi connectivity index (χ1v) is 9.10. The molecule has 0 unspecified atom stereocenters. The van der Waals surface area contributed by atoms with E-state index < -0.39 is 6.10 Å². The number of aliphatic hydroxyl groups is 1. The SMILES string of the molecule is O=c1c2cnn(-c3ccc(F)cc3)c2ncn1C[C@H](O)COCc1ccccc1. The standard InChI is InChI=1S/C21H19FN4O3/c22-16-6-8-17(9-7-16)26-20-19(10-24-26)21(28)25(14-23-20)11-18(27)13-29-12-15-4-2-1-3-5-15/h1-10,14,18,27H,11-13H2/t18-/m0/s1. The molecule has 0 bridgehead atoms. The van der Waals surface area contributed by atoms with Crippen LogP contribution in [-0.4, -0.2) is 37.1 Å². The lowest BCUT2D eigenvalue weighted by Crippen LogP contribution is -2.29. The van der Waals surface area contributed by atoms with Crippen LogP contribution in [0.15, 0.2) is 71.9 Å². The first-order valence-electron chi connectivity index (χ1n) is 9.10. The normalized spacial score (nSPS) is 12.3. The Hall–Kier alpha value is -3.36. The van der Waals surface area contributed by atoms with E-state index in [0.717, 1.165) is 5.56 Å². The van der Waals surface area contributed by atoms with E-state index in [1.165, 1.54) is 33.9 Å². The Morgan fingerprint density at radius 2 is 1.86 bits per heavy atom. The zero-order valence-corrected chi connectivity index (χ0v) is 15.5. The number of aromatic nitrogens is 4. The molecule has 2 heterocycles. The monoisotopic (exact) mass is 394 g/mol. The maximum absolute atomic E-state index is 13.1. The van der Waals surface area contributed by atoms with Gasteiger partial charge in [-0.15, -0.1) is 0 Å². The average Bonchev–Trinajstić information content (AvgIpc) is 3.16. The van der Waals surface area contributed by atoms with Crippen LogP contribution in [0.25, 0.3) is 16.7 Å². The molecule has 0 saturated heterocycles. The molecule has 0 fully saturated rings. The maximum atomic E-state index is 13.1. The molecule has 7 nitrogen and oxygen atoms in total. The fraction of sp³-hybridized carbons (Fsp3) is 0.190. The molecule has 148 valence electrons. The summed E-state index contributed by atoms with van der Waals surface area (Å²) in [6, 6.07) is 15.4. The van der Waals surface area contributed by atoms with Gasteiger partial charge in [0.2, 0.25) is 0 Å². The number of nitrogens with zero attached hydrogens (tertiary/aromatic N) is 4. The van der Waals surface area contributed by atoms with E-state index in [1.54, 1.807) is 12.1 Å². The summed E-state index contributed by atoms with van der Waals surface area (Å²) in [4.78, 5) is 17.0. The highest BCUT2D eigenvalue weighted by Gasteiger charge is 2.14. The van der Waals surface area contributed by atoms with Crippen molar-refractivity contribution in [2.24, 2.45) is 0 Å². The lowest BCUT2D eigenvalue weighted by atomic mass is 10.2. The topological polar surface area (TPSA) is 82.2 Å². The summed E-state index contributed by atoms with van der Waals surface area (Å²) in [6.45, 7) is 0.529. The van der Waals surface area contributed by atoms with E-state index in [0.29, 0.717) is 23.3 Å². The van der Waals surface area contributed by atoms with Gasteiger partial charge in [-0.05, 0) is 29.8 Å². The number of benzene rings is 2. The summed E-state index contributed by atoms with van der Waals surface area (Å²) < 4.78 is 21.5. The molecule has 0 spiro atoms. The highest BCUT2D eigenvalue weighted by atomic mass is 19.1. The second-order valence-electron chi connectivity index (χ2n) is 6.63. The van der Waals surface area contributed by atoms with Gasteiger partial charge in [0.05, 0.1) is 37.7 Å². The van der Waals surface area contributed by atoms with E-state index in [2.05, 4.69) is 10.1 Å². The van der Waals surface area contributed by atoms with Crippen LogP contribution >= 0.6 is 0 Å². The quantitative estimate of drug-likeness (QED) is 0.520. The smallest absolute Gasteiger partial charge is 0.264 e. The van der Waals surface area contributed by atoms with E-state index in [1.807, 2.05) is 30.3 Å². The Bertz CT molecular complexity index is 1160. The van der Waals surface area contributed by atoms with Gasteiger partial charge in [-0.2, -0.15) is 5.10 Å². The second-order valence-corrected chi connectivity index (χ2v) is 6.63. The van der Waals surface area contributed by atoms with Crippen LogP contribution in [0.3, 0.4) is 0 Å². The van der Waals surface area contributed by atoms with Crippen LogP contribution in [0.4, 0.5) is 4.39 Å².